The number of methoxy groups -OCH3 is 1. The highest BCUT2D eigenvalue weighted by atomic mass is 16.5. The molecule has 21 heavy (non-hydrogen) atoms. The minimum Gasteiger partial charge on any atom is -0.380 e. The average molecular weight is 290 g/mol. The summed E-state index contributed by atoms with van der Waals surface area (Å²) < 4.78 is 5.45. The molecule has 1 aromatic carbocycles. The number of nitrogens with zero attached hydrogens (tertiary/aromatic N) is 1. The Morgan fingerprint density at radius 1 is 1.29 bits per heavy atom. The highest BCUT2D eigenvalue weighted by molar-refractivity contribution is 5.25. The summed E-state index contributed by atoms with van der Waals surface area (Å²) >= 11 is 0. The van der Waals surface area contributed by atoms with Crippen molar-refractivity contribution >= 4 is 0 Å². The number of hydrogen-bond acceptors (Lipinski definition) is 3. The molecule has 0 spiro atoms. The van der Waals surface area contributed by atoms with Gasteiger partial charge in [-0.1, -0.05) is 38.1 Å². The summed E-state index contributed by atoms with van der Waals surface area (Å²) in [5.74, 6) is 0.714. The summed E-state index contributed by atoms with van der Waals surface area (Å²) in [6, 6.07) is 9.52. The first kappa shape index (κ1) is 16.5. The maximum atomic E-state index is 5.45. The predicted octanol–water partition coefficient (Wildman–Crippen LogP) is 2.87. The minimum absolute atomic E-state index is 0.397. The molecular weight excluding hydrogens is 260 g/mol. The van der Waals surface area contributed by atoms with Crippen LogP contribution in [0.3, 0.4) is 0 Å². The largest absolute Gasteiger partial charge is 0.380 e. The number of hydrogen-bond donors (Lipinski definition) is 1. The lowest BCUT2D eigenvalue weighted by Crippen LogP contribution is -2.33. The summed E-state index contributed by atoms with van der Waals surface area (Å²) in [5.41, 5.74) is 2.81. The SMILES string of the molecule is CNC(CN1CCC(OC)C1)c1ccc(CC(C)C)cc1. The van der Waals surface area contributed by atoms with Gasteiger partial charge >= 0.3 is 0 Å². The van der Waals surface area contributed by atoms with Crippen LogP contribution in [0.15, 0.2) is 24.3 Å². The second-order valence-electron chi connectivity index (χ2n) is 6.59. The monoisotopic (exact) mass is 290 g/mol. The molecule has 3 heteroatoms. The molecular formula is C18H30N2O. The highest BCUT2D eigenvalue weighted by Crippen LogP contribution is 2.20. The van der Waals surface area contributed by atoms with Gasteiger partial charge in [-0.15, -0.1) is 0 Å². The summed E-state index contributed by atoms with van der Waals surface area (Å²) in [5, 5.41) is 3.46. The second kappa shape index (κ2) is 7.92. The quantitative estimate of drug-likeness (QED) is 0.835. The Labute approximate surface area is 129 Å². The van der Waals surface area contributed by atoms with E-state index in [4.69, 9.17) is 4.74 Å². The van der Waals surface area contributed by atoms with Crippen LogP contribution in [-0.2, 0) is 11.2 Å². The lowest BCUT2D eigenvalue weighted by molar-refractivity contribution is 0.107. The summed E-state index contributed by atoms with van der Waals surface area (Å²) in [6.45, 7) is 7.79. The molecule has 3 nitrogen and oxygen atoms in total. The van der Waals surface area contributed by atoms with E-state index in [2.05, 4.69) is 55.4 Å². The van der Waals surface area contributed by atoms with Gasteiger partial charge in [-0.25, -0.2) is 0 Å². The van der Waals surface area contributed by atoms with Crippen molar-refractivity contribution in [3.8, 4) is 0 Å². The van der Waals surface area contributed by atoms with Crippen LogP contribution in [-0.4, -0.2) is 44.8 Å². The van der Waals surface area contributed by atoms with Crippen LogP contribution in [0.2, 0.25) is 0 Å². The summed E-state index contributed by atoms with van der Waals surface area (Å²) in [4.78, 5) is 2.50. The normalized spacial score (nSPS) is 21.1. The van der Waals surface area contributed by atoms with Crippen LogP contribution in [0, 0.1) is 5.92 Å². The number of ether oxygens (including phenoxy) is 1. The molecule has 1 aromatic rings. The van der Waals surface area contributed by atoms with E-state index in [-0.39, 0.29) is 0 Å². The summed E-state index contributed by atoms with van der Waals surface area (Å²) in [7, 11) is 3.87. The Kier molecular flexibility index (Phi) is 6.22. The van der Waals surface area contributed by atoms with Gasteiger partial charge in [0.25, 0.3) is 0 Å². The number of likely N-dealkylation sites (N-methyl/N-ethyl adjacent to an activating group) is 1. The molecule has 2 atom stereocenters. The topological polar surface area (TPSA) is 24.5 Å². The van der Waals surface area contributed by atoms with Crippen molar-refractivity contribution < 1.29 is 4.74 Å². The Morgan fingerprint density at radius 2 is 2.00 bits per heavy atom. The highest BCUT2D eigenvalue weighted by Gasteiger charge is 2.24. The van der Waals surface area contributed by atoms with Crippen LogP contribution in [0.1, 0.15) is 37.4 Å². The summed E-state index contributed by atoms with van der Waals surface area (Å²) in [6.07, 6.45) is 2.72. The van der Waals surface area contributed by atoms with Gasteiger partial charge in [-0.3, -0.25) is 4.90 Å². The van der Waals surface area contributed by atoms with Crippen LogP contribution < -0.4 is 5.32 Å². The Balaban J connectivity index is 1.94. The van der Waals surface area contributed by atoms with E-state index in [1.165, 1.54) is 11.1 Å². The van der Waals surface area contributed by atoms with Gasteiger partial charge in [0, 0.05) is 32.8 Å². The number of likely N-dealkylation sites (tertiary alicyclic amines) is 1. The number of benzene rings is 1. The van der Waals surface area contributed by atoms with E-state index >= 15 is 0 Å². The second-order valence-corrected chi connectivity index (χ2v) is 6.59. The molecule has 1 heterocycles. The van der Waals surface area contributed by atoms with Gasteiger partial charge in [-0.2, -0.15) is 0 Å². The molecule has 0 radical (unpaired) electrons. The van der Waals surface area contributed by atoms with E-state index in [1.807, 2.05) is 7.11 Å². The van der Waals surface area contributed by atoms with E-state index < -0.39 is 0 Å². The predicted molar refractivity (Wildman–Crippen MR) is 88.6 cm³/mol. The lowest BCUT2D eigenvalue weighted by atomic mass is 9.99. The van der Waals surface area contributed by atoms with E-state index in [9.17, 15) is 0 Å². The maximum absolute atomic E-state index is 5.45. The van der Waals surface area contributed by atoms with Crippen molar-refractivity contribution in [2.75, 3.05) is 33.8 Å². The van der Waals surface area contributed by atoms with E-state index in [0.29, 0.717) is 18.1 Å². The zero-order valence-electron chi connectivity index (χ0n) is 13.9. The van der Waals surface area contributed by atoms with Gasteiger partial charge in [0.2, 0.25) is 0 Å². The van der Waals surface area contributed by atoms with Crippen LogP contribution in [0.4, 0.5) is 0 Å². The first-order valence-electron chi connectivity index (χ1n) is 8.13. The first-order valence-corrected chi connectivity index (χ1v) is 8.13. The standard InChI is InChI=1S/C18H30N2O/c1-14(2)11-15-5-7-16(8-6-15)18(19-3)13-20-10-9-17(12-20)21-4/h5-8,14,17-19H,9-13H2,1-4H3. The van der Waals surface area contributed by atoms with Gasteiger partial charge in [0.05, 0.1) is 6.10 Å². The average Bonchev–Trinajstić information content (AvgIpc) is 2.93. The number of nitrogens with one attached hydrogen (secondary N) is 1. The molecule has 1 aliphatic heterocycles. The molecule has 1 saturated heterocycles. The molecule has 0 saturated carbocycles. The van der Waals surface area contributed by atoms with E-state index in [0.717, 1.165) is 32.5 Å². The van der Waals surface area contributed by atoms with Crippen molar-refractivity contribution in [1.82, 2.24) is 10.2 Å². The van der Waals surface area contributed by atoms with Crippen molar-refractivity contribution in [2.45, 2.75) is 38.8 Å². The molecule has 2 unspecified atom stereocenters. The third-order valence-electron chi connectivity index (χ3n) is 4.38. The Hall–Kier alpha value is -0.900. The molecule has 0 amide bonds. The molecule has 0 aromatic heterocycles. The molecule has 1 aliphatic rings. The van der Waals surface area contributed by atoms with Crippen LogP contribution in [0.5, 0.6) is 0 Å². The zero-order valence-corrected chi connectivity index (χ0v) is 13.9. The van der Waals surface area contributed by atoms with Gasteiger partial charge in [-0.05, 0) is 36.9 Å². The maximum Gasteiger partial charge on any atom is 0.0710 e. The van der Waals surface area contributed by atoms with Crippen LogP contribution >= 0.6 is 0 Å². The van der Waals surface area contributed by atoms with Gasteiger partial charge in [0.15, 0.2) is 0 Å². The number of rotatable bonds is 7. The molecule has 0 bridgehead atoms. The molecule has 1 fully saturated rings. The lowest BCUT2D eigenvalue weighted by Gasteiger charge is -2.24. The first-order chi connectivity index (χ1) is 10.1. The molecule has 118 valence electrons. The fourth-order valence-corrected chi connectivity index (χ4v) is 3.13. The molecule has 2 rings (SSSR count). The van der Waals surface area contributed by atoms with Crippen molar-refractivity contribution in [3.63, 3.8) is 0 Å². The smallest absolute Gasteiger partial charge is 0.0710 e. The Bertz CT molecular complexity index is 416. The van der Waals surface area contributed by atoms with Gasteiger partial charge < -0.3 is 10.1 Å². The third-order valence-corrected chi connectivity index (χ3v) is 4.38. The Morgan fingerprint density at radius 3 is 2.52 bits per heavy atom. The van der Waals surface area contributed by atoms with Crippen molar-refractivity contribution in [3.05, 3.63) is 35.4 Å². The van der Waals surface area contributed by atoms with Crippen molar-refractivity contribution in [2.24, 2.45) is 5.92 Å². The van der Waals surface area contributed by atoms with Gasteiger partial charge in [0.1, 0.15) is 0 Å². The van der Waals surface area contributed by atoms with Crippen molar-refractivity contribution in [1.29, 1.82) is 0 Å². The van der Waals surface area contributed by atoms with Crippen LogP contribution in [0.25, 0.3) is 0 Å². The fraction of sp³-hybridized carbons (Fsp3) is 0.667. The third kappa shape index (κ3) is 4.80. The zero-order chi connectivity index (χ0) is 15.2. The minimum atomic E-state index is 0.397. The fourth-order valence-electron chi connectivity index (χ4n) is 3.13. The molecule has 0 aliphatic carbocycles. The van der Waals surface area contributed by atoms with E-state index in [1.54, 1.807) is 0 Å². The molecule has 1 N–H and O–H groups in total.